The molecule has 1 aliphatic heterocycles. The number of hydrazone groups is 1. The van der Waals surface area contributed by atoms with Crippen molar-refractivity contribution in [2.45, 2.75) is 18.7 Å². The fraction of sp³-hybridized carbons (Fsp3) is 0.333. The topological polar surface area (TPSA) is 125 Å². The van der Waals surface area contributed by atoms with Crippen molar-refractivity contribution < 1.29 is 18.1 Å². The molecule has 0 radical (unpaired) electrons. The molecular formula is C21H25N5O5S. The van der Waals surface area contributed by atoms with Crippen LogP contribution in [0.15, 0.2) is 58.5 Å². The van der Waals surface area contributed by atoms with Gasteiger partial charge in [-0.1, -0.05) is 29.8 Å². The number of benzene rings is 2. The van der Waals surface area contributed by atoms with E-state index in [1.54, 1.807) is 43.3 Å². The lowest BCUT2D eigenvalue weighted by Crippen LogP contribution is -2.50. The Bertz CT molecular complexity index is 1120. The lowest BCUT2D eigenvalue weighted by molar-refractivity contribution is -0.384. The third-order valence-electron chi connectivity index (χ3n) is 5.18. The van der Waals surface area contributed by atoms with Crippen LogP contribution in [0.1, 0.15) is 18.1 Å². The Morgan fingerprint density at radius 2 is 1.78 bits per heavy atom. The number of nitrogens with zero attached hydrogens (tertiary/aromatic N) is 4. The van der Waals surface area contributed by atoms with Gasteiger partial charge in [-0.15, -0.1) is 0 Å². The molecule has 2 aromatic rings. The zero-order valence-electron chi connectivity index (χ0n) is 17.9. The number of aryl methyl sites for hydroxylation is 1. The highest BCUT2D eigenvalue weighted by molar-refractivity contribution is 7.89. The van der Waals surface area contributed by atoms with E-state index in [0.717, 1.165) is 5.56 Å². The third-order valence-corrected chi connectivity index (χ3v) is 7.09. The maximum atomic E-state index is 12.8. The van der Waals surface area contributed by atoms with Gasteiger partial charge >= 0.3 is 0 Å². The normalized spacial score (nSPS) is 16.0. The number of carbonyl (C=O) groups excluding carboxylic acids is 1. The molecule has 1 aliphatic rings. The van der Waals surface area contributed by atoms with Crippen LogP contribution in [0.5, 0.6) is 0 Å². The minimum atomic E-state index is -3.56. The van der Waals surface area contributed by atoms with Crippen LogP contribution in [-0.4, -0.2) is 66.9 Å². The summed E-state index contributed by atoms with van der Waals surface area (Å²) in [6.07, 6.45) is 0. The van der Waals surface area contributed by atoms with Crippen LogP contribution in [0.25, 0.3) is 0 Å². The average Bonchev–Trinajstić information content (AvgIpc) is 2.78. The van der Waals surface area contributed by atoms with Crippen molar-refractivity contribution in [3.63, 3.8) is 0 Å². The SMILES string of the molecule is C/C(=N/NC(=O)CN1CCN(S(=O)(=O)c2ccc(C)cc2)CC1)c1cccc([N+](=O)[O-])c1. The van der Waals surface area contributed by atoms with Crippen molar-refractivity contribution in [2.24, 2.45) is 5.10 Å². The predicted molar refractivity (Wildman–Crippen MR) is 120 cm³/mol. The van der Waals surface area contributed by atoms with Crippen molar-refractivity contribution in [1.29, 1.82) is 0 Å². The summed E-state index contributed by atoms with van der Waals surface area (Å²) in [4.78, 5) is 24.8. The van der Waals surface area contributed by atoms with Crippen LogP contribution >= 0.6 is 0 Å². The van der Waals surface area contributed by atoms with Gasteiger partial charge in [-0.3, -0.25) is 19.8 Å². The molecule has 32 heavy (non-hydrogen) atoms. The smallest absolute Gasteiger partial charge is 0.270 e. The summed E-state index contributed by atoms with van der Waals surface area (Å²) in [6, 6.07) is 12.7. The monoisotopic (exact) mass is 459 g/mol. The van der Waals surface area contributed by atoms with Crippen molar-refractivity contribution in [2.75, 3.05) is 32.7 Å². The Balaban J connectivity index is 1.52. The summed E-state index contributed by atoms with van der Waals surface area (Å²) in [6.45, 7) is 5.05. The maximum Gasteiger partial charge on any atom is 0.270 e. The zero-order chi connectivity index (χ0) is 23.3. The first-order valence-corrected chi connectivity index (χ1v) is 11.5. The van der Waals surface area contributed by atoms with E-state index in [9.17, 15) is 23.3 Å². The molecule has 1 saturated heterocycles. The Kier molecular flexibility index (Phi) is 7.33. The van der Waals surface area contributed by atoms with Crippen molar-refractivity contribution in [1.82, 2.24) is 14.6 Å². The summed E-state index contributed by atoms with van der Waals surface area (Å²) >= 11 is 0. The molecular weight excluding hydrogens is 434 g/mol. The highest BCUT2D eigenvalue weighted by atomic mass is 32.2. The van der Waals surface area contributed by atoms with Gasteiger partial charge in [0.25, 0.3) is 11.6 Å². The van der Waals surface area contributed by atoms with Gasteiger partial charge in [0.15, 0.2) is 0 Å². The van der Waals surface area contributed by atoms with Crippen LogP contribution in [0.3, 0.4) is 0 Å². The van der Waals surface area contributed by atoms with Crippen molar-refractivity contribution in [3.05, 3.63) is 69.8 Å². The van der Waals surface area contributed by atoms with Crippen LogP contribution in [-0.2, 0) is 14.8 Å². The first-order chi connectivity index (χ1) is 15.2. The molecule has 1 fully saturated rings. The first-order valence-electron chi connectivity index (χ1n) is 10.0. The third kappa shape index (κ3) is 5.75. The molecule has 1 amide bonds. The number of amides is 1. The van der Waals surface area contributed by atoms with Gasteiger partial charge in [-0.25, -0.2) is 13.8 Å². The molecule has 0 spiro atoms. The highest BCUT2D eigenvalue weighted by Gasteiger charge is 2.29. The Hall–Kier alpha value is -3.15. The second-order valence-electron chi connectivity index (χ2n) is 7.53. The lowest BCUT2D eigenvalue weighted by atomic mass is 10.1. The number of hydrogen-bond acceptors (Lipinski definition) is 7. The van der Waals surface area contributed by atoms with Gasteiger partial charge in [-0.05, 0) is 26.0 Å². The standard InChI is InChI=1S/C21H25N5O5S/c1-16-6-8-20(9-7-16)32(30,31)25-12-10-24(11-13-25)15-21(27)23-22-17(2)18-4-3-5-19(14-18)26(28)29/h3-9,14H,10-13,15H2,1-2H3,(H,23,27)/b22-17-. The summed E-state index contributed by atoms with van der Waals surface area (Å²) in [5.74, 6) is -0.343. The van der Waals surface area contributed by atoms with Gasteiger partial charge in [-0.2, -0.15) is 9.41 Å². The number of nitro benzene ring substituents is 1. The summed E-state index contributed by atoms with van der Waals surface area (Å²) in [7, 11) is -3.56. The number of non-ortho nitro benzene ring substituents is 1. The highest BCUT2D eigenvalue weighted by Crippen LogP contribution is 2.18. The number of hydrogen-bond donors (Lipinski definition) is 1. The van der Waals surface area contributed by atoms with Gasteiger partial charge < -0.3 is 0 Å². The Morgan fingerprint density at radius 1 is 1.12 bits per heavy atom. The molecule has 10 nitrogen and oxygen atoms in total. The summed E-state index contributed by atoms with van der Waals surface area (Å²) < 4.78 is 27.0. The van der Waals surface area contributed by atoms with Crippen LogP contribution in [0, 0.1) is 17.0 Å². The fourth-order valence-corrected chi connectivity index (χ4v) is 4.70. The van der Waals surface area contributed by atoms with Crippen molar-refractivity contribution >= 4 is 27.3 Å². The van der Waals surface area contributed by atoms with Gasteiger partial charge in [0, 0.05) is 43.9 Å². The Labute approximate surface area is 186 Å². The zero-order valence-corrected chi connectivity index (χ0v) is 18.7. The fourth-order valence-electron chi connectivity index (χ4n) is 3.28. The molecule has 11 heteroatoms. The minimum Gasteiger partial charge on any atom is -0.292 e. The molecule has 0 saturated carbocycles. The molecule has 2 aromatic carbocycles. The van der Waals surface area contributed by atoms with E-state index in [-0.39, 0.29) is 23.0 Å². The van der Waals surface area contributed by atoms with Crippen LogP contribution in [0.2, 0.25) is 0 Å². The molecule has 0 bridgehead atoms. The van der Waals surface area contributed by atoms with E-state index in [0.29, 0.717) is 37.5 Å². The van der Waals surface area contributed by atoms with E-state index in [1.165, 1.54) is 16.4 Å². The molecule has 0 atom stereocenters. The largest absolute Gasteiger partial charge is 0.292 e. The molecule has 1 N–H and O–H groups in total. The summed E-state index contributed by atoms with van der Waals surface area (Å²) in [5, 5.41) is 14.9. The number of nitrogens with one attached hydrogen (secondary N) is 1. The molecule has 3 rings (SSSR count). The van der Waals surface area contributed by atoms with Gasteiger partial charge in [0.1, 0.15) is 0 Å². The molecule has 0 unspecified atom stereocenters. The average molecular weight is 460 g/mol. The lowest BCUT2D eigenvalue weighted by Gasteiger charge is -2.33. The van der Waals surface area contributed by atoms with E-state index < -0.39 is 14.9 Å². The number of rotatable bonds is 7. The second kappa shape index (κ2) is 9.98. The maximum absolute atomic E-state index is 12.8. The second-order valence-corrected chi connectivity index (χ2v) is 9.47. The molecule has 1 heterocycles. The van der Waals surface area contributed by atoms with Crippen LogP contribution < -0.4 is 5.43 Å². The van der Waals surface area contributed by atoms with Gasteiger partial charge in [0.05, 0.1) is 22.1 Å². The molecule has 0 aromatic heterocycles. The van der Waals surface area contributed by atoms with E-state index in [1.807, 2.05) is 11.8 Å². The minimum absolute atomic E-state index is 0.0539. The van der Waals surface area contributed by atoms with Gasteiger partial charge in [0.2, 0.25) is 10.0 Å². The number of piperazine rings is 1. The van der Waals surface area contributed by atoms with E-state index in [2.05, 4.69) is 10.5 Å². The number of nitro groups is 1. The molecule has 170 valence electrons. The van der Waals surface area contributed by atoms with E-state index >= 15 is 0 Å². The predicted octanol–water partition coefficient (Wildman–Crippen LogP) is 1.75. The van der Waals surface area contributed by atoms with Crippen LogP contribution in [0.4, 0.5) is 5.69 Å². The van der Waals surface area contributed by atoms with Crippen molar-refractivity contribution in [3.8, 4) is 0 Å². The summed E-state index contributed by atoms with van der Waals surface area (Å²) in [5.41, 5.74) is 4.37. The Morgan fingerprint density at radius 3 is 2.41 bits per heavy atom. The molecule has 0 aliphatic carbocycles. The number of carbonyl (C=O) groups is 1. The first kappa shape index (κ1) is 23.5. The quantitative estimate of drug-likeness (QED) is 0.382. The van der Waals surface area contributed by atoms with E-state index in [4.69, 9.17) is 0 Å². The number of sulfonamides is 1.